The second-order valence-electron chi connectivity index (χ2n) is 6.98. The second kappa shape index (κ2) is 8.52. The van der Waals surface area contributed by atoms with Crippen LogP contribution in [-0.2, 0) is 11.0 Å². The van der Waals surface area contributed by atoms with E-state index in [1.165, 1.54) is 42.5 Å². The molecule has 7 nitrogen and oxygen atoms in total. The summed E-state index contributed by atoms with van der Waals surface area (Å²) >= 11 is 0. The maximum atomic E-state index is 13.3. The van der Waals surface area contributed by atoms with E-state index >= 15 is 0 Å². The number of halogens is 3. The third-order valence-electron chi connectivity index (χ3n) is 4.61. The van der Waals surface area contributed by atoms with Crippen LogP contribution < -0.4 is 10.6 Å². The van der Waals surface area contributed by atoms with Gasteiger partial charge in [0.05, 0.1) is 11.1 Å². The molecule has 1 atom stereocenters. The van der Waals surface area contributed by atoms with Crippen LogP contribution in [0.2, 0.25) is 0 Å². The van der Waals surface area contributed by atoms with E-state index in [4.69, 9.17) is 0 Å². The number of aromatic nitrogens is 1. The van der Waals surface area contributed by atoms with Gasteiger partial charge in [-0.05, 0) is 36.8 Å². The maximum Gasteiger partial charge on any atom is 0.416 e. The van der Waals surface area contributed by atoms with Crippen molar-refractivity contribution in [2.75, 3.05) is 18.9 Å². The van der Waals surface area contributed by atoms with E-state index in [2.05, 4.69) is 15.6 Å². The summed E-state index contributed by atoms with van der Waals surface area (Å²) in [5.41, 5.74) is -1.28. The van der Waals surface area contributed by atoms with E-state index in [1.807, 2.05) is 0 Å². The first kappa shape index (κ1) is 21.3. The fourth-order valence-electron chi connectivity index (χ4n) is 3.14. The van der Waals surface area contributed by atoms with Crippen molar-refractivity contribution in [3.05, 3.63) is 59.4 Å². The van der Waals surface area contributed by atoms with Gasteiger partial charge >= 0.3 is 6.18 Å². The highest BCUT2D eigenvalue weighted by molar-refractivity contribution is 6.05. The Balaban J connectivity index is 1.84. The van der Waals surface area contributed by atoms with Crippen molar-refractivity contribution in [1.29, 1.82) is 0 Å². The van der Waals surface area contributed by atoms with Crippen LogP contribution >= 0.6 is 0 Å². The summed E-state index contributed by atoms with van der Waals surface area (Å²) < 4.78 is 40.0. The Bertz CT molecular complexity index is 964. The van der Waals surface area contributed by atoms with Gasteiger partial charge in [-0.1, -0.05) is 0 Å². The van der Waals surface area contributed by atoms with Crippen LogP contribution in [0.5, 0.6) is 0 Å². The minimum absolute atomic E-state index is 0.125. The first-order valence-corrected chi connectivity index (χ1v) is 9.12. The molecule has 3 amide bonds. The number of likely N-dealkylation sites (N-methyl/N-ethyl adjacent to an activating group) is 1. The van der Waals surface area contributed by atoms with E-state index in [-0.39, 0.29) is 35.3 Å². The number of nitrogens with zero attached hydrogens (tertiary/aromatic N) is 2. The van der Waals surface area contributed by atoms with Gasteiger partial charge in [0, 0.05) is 49.7 Å². The Morgan fingerprint density at radius 1 is 1.27 bits per heavy atom. The molecule has 0 bridgehead atoms. The van der Waals surface area contributed by atoms with Gasteiger partial charge in [0.1, 0.15) is 0 Å². The van der Waals surface area contributed by atoms with Crippen molar-refractivity contribution in [1.82, 2.24) is 15.2 Å². The van der Waals surface area contributed by atoms with Crippen LogP contribution in [0, 0.1) is 0 Å². The number of amides is 3. The lowest BCUT2D eigenvalue weighted by molar-refractivity contribution is -0.137. The minimum atomic E-state index is -4.71. The summed E-state index contributed by atoms with van der Waals surface area (Å²) in [6.45, 7) is 0.165. The van der Waals surface area contributed by atoms with E-state index in [1.54, 1.807) is 0 Å². The van der Waals surface area contributed by atoms with Crippen molar-refractivity contribution < 1.29 is 27.6 Å². The van der Waals surface area contributed by atoms with Gasteiger partial charge in [-0.3, -0.25) is 19.4 Å². The topological polar surface area (TPSA) is 91.4 Å². The average molecular weight is 420 g/mol. The fourth-order valence-corrected chi connectivity index (χ4v) is 3.14. The highest BCUT2D eigenvalue weighted by Gasteiger charge is 2.33. The van der Waals surface area contributed by atoms with Gasteiger partial charge < -0.3 is 15.5 Å². The number of carbonyl (C=O) groups is 3. The number of hydrogen-bond acceptors (Lipinski definition) is 4. The first-order valence-electron chi connectivity index (χ1n) is 9.12. The molecule has 2 aromatic rings. The van der Waals surface area contributed by atoms with Crippen LogP contribution in [0.1, 0.15) is 39.1 Å². The predicted octanol–water partition coefficient (Wildman–Crippen LogP) is 2.70. The molecule has 1 aliphatic heterocycles. The zero-order valence-electron chi connectivity index (χ0n) is 16.0. The summed E-state index contributed by atoms with van der Waals surface area (Å²) in [7, 11) is 1.45. The number of alkyl halides is 3. The zero-order valence-corrected chi connectivity index (χ0v) is 16.0. The van der Waals surface area contributed by atoms with Gasteiger partial charge in [-0.25, -0.2) is 0 Å². The summed E-state index contributed by atoms with van der Waals surface area (Å²) in [5.74, 6) is -1.43. The quantitative estimate of drug-likeness (QED) is 0.778. The Morgan fingerprint density at radius 3 is 2.63 bits per heavy atom. The van der Waals surface area contributed by atoms with E-state index in [0.717, 1.165) is 12.1 Å². The minimum Gasteiger partial charge on any atom is -0.352 e. The molecule has 30 heavy (non-hydrogen) atoms. The molecule has 2 N–H and O–H groups in total. The molecular weight excluding hydrogens is 401 g/mol. The molecule has 1 fully saturated rings. The molecule has 3 rings (SSSR count). The lowest BCUT2D eigenvalue weighted by Gasteiger charge is -2.22. The number of hydrogen-bond donors (Lipinski definition) is 2. The van der Waals surface area contributed by atoms with Crippen LogP contribution in [0.15, 0.2) is 42.7 Å². The van der Waals surface area contributed by atoms with E-state index in [0.29, 0.717) is 12.8 Å². The summed E-state index contributed by atoms with van der Waals surface area (Å²) in [4.78, 5) is 41.4. The number of nitrogens with one attached hydrogen (secondary N) is 2. The molecule has 1 aromatic heterocycles. The number of rotatable bonds is 5. The Morgan fingerprint density at radius 2 is 2.03 bits per heavy atom. The first-order chi connectivity index (χ1) is 14.1. The average Bonchev–Trinajstić information content (AvgIpc) is 3.11. The Hall–Kier alpha value is -3.43. The molecule has 1 aliphatic rings. The van der Waals surface area contributed by atoms with Gasteiger partial charge in [-0.15, -0.1) is 0 Å². The smallest absolute Gasteiger partial charge is 0.352 e. The molecule has 10 heteroatoms. The summed E-state index contributed by atoms with van der Waals surface area (Å²) in [5, 5.41) is 5.08. The van der Waals surface area contributed by atoms with Crippen molar-refractivity contribution in [3.63, 3.8) is 0 Å². The standard InChI is InChI=1S/C20H19F3N4O3/c1-27(11-15-4-5-17(28)25-15)19(30)13-7-14(20(21,22)23)9-16(8-13)26-18(29)12-3-2-6-24-10-12/h2-3,6-10,15H,4-5,11H2,1H3,(H,25,28)(H,26,29). The molecule has 1 saturated heterocycles. The van der Waals surface area contributed by atoms with Crippen LogP contribution in [-0.4, -0.2) is 47.2 Å². The fraction of sp³-hybridized carbons (Fsp3) is 0.300. The molecule has 2 heterocycles. The molecule has 0 spiro atoms. The number of carbonyl (C=O) groups excluding carboxylic acids is 3. The van der Waals surface area contributed by atoms with Crippen molar-refractivity contribution in [3.8, 4) is 0 Å². The maximum absolute atomic E-state index is 13.3. The molecule has 158 valence electrons. The monoisotopic (exact) mass is 420 g/mol. The van der Waals surface area contributed by atoms with Crippen LogP contribution in [0.3, 0.4) is 0 Å². The molecule has 1 unspecified atom stereocenters. The van der Waals surface area contributed by atoms with Crippen LogP contribution in [0.25, 0.3) is 0 Å². The van der Waals surface area contributed by atoms with E-state index in [9.17, 15) is 27.6 Å². The van der Waals surface area contributed by atoms with Crippen LogP contribution in [0.4, 0.5) is 18.9 Å². The molecule has 0 aliphatic carbocycles. The van der Waals surface area contributed by atoms with Gasteiger partial charge in [0.2, 0.25) is 5.91 Å². The molecule has 1 aromatic carbocycles. The Labute approximate surface area is 170 Å². The van der Waals surface area contributed by atoms with Crippen molar-refractivity contribution in [2.24, 2.45) is 0 Å². The third kappa shape index (κ3) is 5.13. The lowest BCUT2D eigenvalue weighted by atomic mass is 10.1. The number of benzene rings is 1. The molecule has 0 radical (unpaired) electrons. The second-order valence-corrected chi connectivity index (χ2v) is 6.98. The predicted molar refractivity (Wildman–Crippen MR) is 102 cm³/mol. The number of anilines is 1. The summed E-state index contributed by atoms with van der Waals surface area (Å²) in [6.07, 6.45) is -1.08. The van der Waals surface area contributed by atoms with Gasteiger partial charge in [0.25, 0.3) is 11.8 Å². The highest BCUT2D eigenvalue weighted by atomic mass is 19.4. The SMILES string of the molecule is CN(CC1CCC(=O)N1)C(=O)c1cc(NC(=O)c2cccnc2)cc(C(F)(F)F)c1. The summed E-state index contributed by atoms with van der Waals surface area (Å²) in [6, 6.07) is 5.43. The number of pyridine rings is 1. The third-order valence-corrected chi connectivity index (χ3v) is 4.61. The Kier molecular flexibility index (Phi) is 6.04. The van der Waals surface area contributed by atoms with Gasteiger partial charge in [-0.2, -0.15) is 13.2 Å². The van der Waals surface area contributed by atoms with Crippen molar-refractivity contribution >= 4 is 23.4 Å². The zero-order chi connectivity index (χ0) is 21.9. The van der Waals surface area contributed by atoms with E-state index < -0.39 is 23.6 Å². The molecule has 0 saturated carbocycles. The van der Waals surface area contributed by atoms with Gasteiger partial charge in [0.15, 0.2) is 0 Å². The normalized spacial score (nSPS) is 16.1. The van der Waals surface area contributed by atoms with Crippen molar-refractivity contribution in [2.45, 2.75) is 25.1 Å². The lowest BCUT2D eigenvalue weighted by Crippen LogP contribution is -2.39. The highest BCUT2D eigenvalue weighted by Crippen LogP contribution is 2.32. The molecular formula is C20H19F3N4O3. The largest absolute Gasteiger partial charge is 0.416 e.